The highest BCUT2D eigenvalue weighted by molar-refractivity contribution is 7.99. The number of hydrogen-bond acceptors (Lipinski definition) is 6. The van der Waals surface area contributed by atoms with Gasteiger partial charge in [-0.15, -0.1) is 5.10 Å². The van der Waals surface area contributed by atoms with Crippen molar-refractivity contribution >= 4 is 17.6 Å². The zero-order valence-electron chi connectivity index (χ0n) is 9.35. The number of amidine groups is 1. The Morgan fingerprint density at radius 3 is 2.65 bits per heavy atom. The van der Waals surface area contributed by atoms with E-state index in [4.69, 9.17) is 11.1 Å². The van der Waals surface area contributed by atoms with Crippen molar-refractivity contribution in [2.45, 2.75) is 24.2 Å². The van der Waals surface area contributed by atoms with Crippen molar-refractivity contribution < 1.29 is 0 Å². The molecule has 2 rings (SSSR count). The van der Waals surface area contributed by atoms with E-state index in [0.29, 0.717) is 16.0 Å². The quantitative estimate of drug-likeness (QED) is 0.417. The number of nitrogens with one attached hydrogen (secondary N) is 2. The number of nitrogen functional groups attached to an aromatic ring is 1. The molecule has 7 nitrogen and oxygen atoms in total. The van der Waals surface area contributed by atoms with Gasteiger partial charge in [-0.25, -0.2) is 15.0 Å². The van der Waals surface area contributed by atoms with Gasteiger partial charge in [-0.05, 0) is 31.7 Å². The molecule has 2 heterocycles. The van der Waals surface area contributed by atoms with E-state index in [1.807, 2.05) is 13.8 Å². The molecule has 0 bridgehead atoms. The van der Waals surface area contributed by atoms with Gasteiger partial charge in [-0.3, -0.25) is 10.5 Å². The molecule has 0 radical (unpaired) electrons. The number of nitrogens with two attached hydrogens (primary N) is 1. The monoisotopic (exact) mass is 249 g/mol. The second-order valence-corrected chi connectivity index (χ2v) is 4.33. The fourth-order valence-electron chi connectivity index (χ4n) is 1.17. The molecular weight excluding hydrogens is 238 g/mol. The minimum absolute atomic E-state index is 0.0801. The van der Waals surface area contributed by atoms with Crippen LogP contribution in [-0.2, 0) is 0 Å². The maximum Gasteiger partial charge on any atom is 0.216 e. The Labute approximate surface area is 102 Å². The summed E-state index contributed by atoms with van der Waals surface area (Å²) in [5, 5.41) is 15.1. The fourth-order valence-corrected chi connectivity index (χ4v) is 1.95. The second-order valence-electron chi connectivity index (χ2n) is 3.40. The van der Waals surface area contributed by atoms with Crippen LogP contribution >= 0.6 is 11.8 Å². The summed E-state index contributed by atoms with van der Waals surface area (Å²) in [4.78, 5) is 12.5. The lowest BCUT2D eigenvalue weighted by atomic mass is 10.3. The normalized spacial score (nSPS) is 10.5. The van der Waals surface area contributed by atoms with Gasteiger partial charge in [0.15, 0.2) is 5.16 Å². The number of H-pyrrole nitrogens is 1. The highest BCUT2D eigenvalue weighted by Gasteiger charge is 2.09. The van der Waals surface area contributed by atoms with Crippen LogP contribution in [-0.4, -0.2) is 31.0 Å². The highest BCUT2D eigenvalue weighted by Crippen LogP contribution is 2.20. The van der Waals surface area contributed by atoms with Crippen LogP contribution in [0.5, 0.6) is 0 Å². The van der Waals surface area contributed by atoms with Crippen molar-refractivity contribution in [3.63, 3.8) is 0 Å². The van der Waals surface area contributed by atoms with Crippen LogP contribution < -0.4 is 5.73 Å². The zero-order valence-corrected chi connectivity index (χ0v) is 10.2. The molecule has 2 aromatic rings. The van der Waals surface area contributed by atoms with E-state index in [1.54, 1.807) is 6.07 Å². The number of rotatable bonds is 3. The van der Waals surface area contributed by atoms with E-state index in [9.17, 15) is 0 Å². The number of aromatic nitrogens is 5. The molecule has 2 aromatic heterocycles. The van der Waals surface area contributed by atoms with Crippen LogP contribution in [0.1, 0.15) is 17.2 Å². The van der Waals surface area contributed by atoms with E-state index in [-0.39, 0.29) is 5.84 Å². The Morgan fingerprint density at radius 2 is 2.06 bits per heavy atom. The van der Waals surface area contributed by atoms with Gasteiger partial charge in [0, 0.05) is 5.69 Å². The summed E-state index contributed by atoms with van der Waals surface area (Å²) >= 11 is 1.23. The molecule has 0 fully saturated rings. The fraction of sp³-hybridized carbons (Fsp3) is 0.222. The van der Waals surface area contributed by atoms with Crippen molar-refractivity contribution in [3.05, 3.63) is 23.3 Å². The molecule has 0 saturated heterocycles. The van der Waals surface area contributed by atoms with Gasteiger partial charge in [0.1, 0.15) is 17.4 Å². The molecule has 17 heavy (non-hydrogen) atoms. The van der Waals surface area contributed by atoms with Gasteiger partial charge in [0.25, 0.3) is 0 Å². The van der Waals surface area contributed by atoms with Crippen molar-refractivity contribution in [2.24, 2.45) is 5.73 Å². The summed E-state index contributed by atoms with van der Waals surface area (Å²) in [5.41, 5.74) is 6.55. The molecule has 0 aromatic carbocycles. The van der Waals surface area contributed by atoms with Crippen LogP contribution in [0.3, 0.4) is 0 Å². The average Bonchev–Trinajstić information content (AvgIpc) is 2.63. The first-order chi connectivity index (χ1) is 8.04. The van der Waals surface area contributed by atoms with E-state index < -0.39 is 0 Å². The molecule has 0 atom stereocenters. The number of aromatic amines is 1. The first-order valence-electron chi connectivity index (χ1n) is 4.81. The Balaban J connectivity index is 2.29. The molecule has 8 heteroatoms. The predicted octanol–water partition coefficient (Wildman–Crippen LogP) is 0.647. The number of aryl methyl sites for hydroxylation is 2. The van der Waals surface area contributed by atoms with Gasteiger partial charge in [0.05, 0.1) is 0 Å². The maximum atomic E-state index is 7.35. The Bertz CT molecular complexity index is 562. The largest absolute Gasteiger partial charge is 0.382 e. The zero-order chi connectivity index (χ0) is 12.4. The molecule has 0 aliphatic carbocycles. The minimum Gasteiger partial charge on any atom is -0.382 e. The Kier molecular flexibility index (Phi) is 3.05. The van der Waals surface area contributed by atoms with E-state index >= 15 is 0 Å². The van der Waals surface area contributed by atoms with Crippen molar-refractivity contribution in [2.75, 3.05) is 0 Å². The van der Waals surface area contributed by atoms with Gasteiger partial charge in [0.2, 0.25) is 5.16 Å². The molecular formula is C9H11N7S. The van der Waals surface area contributed by atoms with Gasteiger partial charge in [-0.2, -0.15) is 0 Å². The second kappa shape index (κ2) is 4.50. The summed E-state index contributed by atoms with van der Waals surface area (Å²) in [5.74, 6) is 0.649. The first kappa shape index (κ1) is 11.5. The molecule has 0 saturated carbocycles. The lowest BCUT2D eigenvalue weighted by molar-refractivity contribution is 0.904. The van der Waals surface area contributed by atoms with Crippen LogP contribution in [0.15, 0.2) is 16.4 Å². The first-order valence-corrected chi connectivity index (χ1v) is 5.63. The number of nitrogens with zero attached hydrogens (tertiary/aromatic N) is 4. The third kappa shape index (κ3) is 2.78. The highest BCUT2D eigenvalue weighted by atomic mass is 32.2. The molecule has 4 N–H and O–H groups in total. The predicted molar refractivity (Wildman–Crippen MR) is 63.0 cm³/mol. The van der Waals surface area contributed by atoms with Crippen molar-refractivity contribution in [1.82, 2.24) is 25.1 Å². The van der Waals surface area contributed by atoms with Crippen molar-refractivity contribution in [3.8, 4) is 0 Å². The third-order valence-corrected chi connectivity index (χ3v) is 2.60. The lowest BCUT2D eigenvalue weighted by Gasteiger charge is -2.02. The van der Waals surface area contributed by atoms with Gasteiger partial charge >= 0.3 is 0 Å². The van der Waals surface area contributed by atoms with Crippen LogP contribution in [0.4, 0.5) is 0 Å². The van der Waals surface area contributed by atoms with E-state index in [0.717, 1.165) is 11.5 Å². The standard InChI is InChI=1S/C9H11N7S/c1-4-3-6(7(10)11)14-8(12-4)17-9-13-5(2)15-16-9/h3H,1-2H3,(H3,10,11)(H,13,15,16). The average molecular weight is 249 g/mol. The third-order valence-electron chi connectivity index (χ3n) is 1.87. The topological polar surface area (TPSA) is 117 Å². The smallest absolute Gasteiger partial charge is 0.216 e. The molecule has 0 aliphatic rings. The van der Waals surface area contributed by atoms with Crippen LogP contribution in [0.2, 0.25) is 0 Å². The SMILES string of the molecule is Cc1cc(C(=N)N)nc(Sc2n[nH]c(C)n2)n1. The summed E-state index contributed by atoms with van der Waals surface area (Å²) in [6, 6.07) is 1.66. The number of hydrogen-bond donors (Lipinski definition) is 3. The van der Waals surface area contributed by atoms with Gasteiger partial charge in [-0.1, -0.05) is 0 Å². The van der Waals surface area contributed by atoms with E-state index in [1.165, 1.54) is 11.8 Å². The lowest BCUT2D eigenvalue weighted by Crippen LogP contribution is -2.14. The van der Waals surface area contributed by atoms with Crippen LogP contribution in [0, 0.1) is 19.3 Å². The summed E-state index contributed by atoms with van der Waals surface area (Å²) in [6.07, 6.45) is 0. The molecule has 88 valence electrons. The Morgan fingerprint density at radius 1 is 1.29 bits per heavy atom. The molecule has 0 amide bonds. The molecule has 0 unspecified atom stereocenters. The van der Waals surface area contributed by atoms with Crippen LogP contribution in [0.25, 0.3) is 0 Å². The molecule has 0 spiro atoms. The maximum absolute atomic E-state index is 7.35. The van der Waals surface area contributed by atoms with Gasteiger partial charge < -0.3 is 5.73 Å². The summed E-state index contributed by atoms with van der Waals surface area (Å²) < 4.78 is 0. The summed E-state index contributed by atoms with van der Waals surface area (Å²) in [6.45, 7) is 3.64. The van der Waals surface area contributed by atoms with Crippen molar-refractivity contribution in [1.29, 1.82) is 5.41 Å². The Hall–Kier alpha value is -1.96. The molecule has 0 aliphatic heterocycles. The minimum atomic E-state index is -0.0801. The summed E-state index contributed by atoms with van der Waals surface area (Å²) in [7, 11) is 0. The van der Waals surface area contributed by atoms with E-state index in [2.05, 4.69) is 25.1 Å².